The van der Waals surface area contributed by atoms with E-state index in [9.17, 15) is 0 Å². The van der Waals surface area contributed by atoms with Crippen molar-refractivity contribution in [2.75, 3.05) is 6.54 Å². The van der Waals surface area contributed by atoms with E-state index in [1.54, 1.807) is 0 Å². The molecule has 0 bridgehead atoms. The zero-order valence-electron chi connectivity index (χ0n) is 13.6. The third-order valence-corrected chi connectivity index (χ3v) is 5.38. The summed E-state index contributed by atoms with van der Waals surface area (Å²) in [5.41, 5.74) is 3.68. The molecule has 122 valence electrons. The van der Waals surface area contributed by atoms with Gasteiger partial charge in [0.15, 0.2) is 0 Å². The first kappa shape index (κ1) is 17.0. The highest BCUT2D eigenvalue weighted by molar-refractivity contribution is 9.11. The Labute approximate surface area is 154 Å². The second kappa shape index (κ2) is 6.57. The van der Waals surface area contributed by atoms with E-state index in [0.717, 1.165) is 40.8 Å². The van der Waals surface area contributed by atoms with Gasteiger partial charge in [-0.3, -0.25) is 9.88 Å². The number of fused-ring (bicyclic) bond motifs is 1. The molecule has 0 saturated heterocycles. The van der Waals surface area contributed by atoms with Crippen LogP contribution in [0.15, 0.2) is 27.5 Å². The van der Waals surface area contributed by atoms with Gasteiger partial charge in [0.2, 0.25) is 0 Å². The number of halogens is 2. The summed E-state index contributed by atoms with van der Waals surface area (Å²) in [5.74, 6) is 0.935. The van der Waals surface area contributed by atoms with Gasteiger partial charge in [-0.25, -0.2) is 9.97 Å². The standard InChI is InChI=1S/C17H20Br2N4/c1-17(2,3)16-21-6-11-9-23(5-4-15(11)22-16)10-12-13(18)7-20-8-14(12)19/h6-8H,4-5,9-10H2,1-3H3. The van der Waals surface area contributed by atoms with Crippen LogP contribution >= 0.6 is 31.9 Å². The Bertz CT molecular complexity index is 705. The van der Waals surface area contributed by atoms with Gasteiger partial charge in [-0.1, -0.05) is 20.8 Å². The van der Waals surface area contributed by atoms with Crippen molar-refractivity contribution < 1.29 is 0 Å². The minimum atomic E-state index is -0.00106. The summed E-state index contributed by atoms with van der Waals surface area (Å²) in [7, 11) is 0. The molecule has 0 N–H and O–H groups in total. The molecule has 0 radical (unpaired) electrons. The Morgan fingerprint density at radius 3 is 2.48 bits per heavy atom. The molecular formula is C17H20Br2N4. The highest BCUT2D eigenvalue weighted by Gasteiger charge is 2.23. The molecule has 1 aliphatic heterocycles. The summed E-state index contributed by atoms with van der Waals surface area (Å²) in [6.45, 7) is 9.24. The van der Waals surface area contributed by atoms with Crippen molar-refractivity contribution in [1.82, 2.24) is 19.9 Å². The van der Waals surface area contributed by atoms with E-state index in [0.29, 0.717) is 0 Å². The first-order valence-corrected chi connectivity index (χ1v) is 9.28. The molecular weight excluding hydrogens is 420 g/mol. The van der Waals surface area contributed by atoms with Crippen LogP contribution in [0.3, 0.4) is 0 Å². The minimum Gasteiger partial charge on any atom is -0.294 e. The highest BCUT2D eigenvalue weighted by Crippen LogP contribution is 2.28. The zero-order chi connectivity index (χ0) is 16.6. The lowest BCUT2D eigenvalue weighted by atomic mass is 9.95. The van der Waals surface area contributed by atoms with Crippen molar-refractivity contribution in [2.45, 2.75) is 45.7 Å². The Hall–Kier alpha value is -0.850. The van der Waals surface area contributed by atoms with Crippen molar-refractivity contribution in [3.8, 4) is 0 Å². The highest BCUT2D eigenvalue weighted by atomic mass is 79.9. The van der Waals surface area contributed by atoms with Gasteiger partial charge in [-0.05, 0) is 37.4 Å². The molecule has 0 saturated carbocycles. The van der Waals surface area contributed by atoms with Crippen molar-refractivity contribution in [3.05, 3.63) is 50.2 Å². The molecule has 0 atom stereocenters. The predicted octanol–water partition coefficient (Wildman–Crippen LogP) is 4.25. The second-order valence-corrected chi connectivity index (χ2v) is 8.67. The number of hydrogen-bond donors (Lipinski definition) is 0. The smallest absolute Gasteiger partial charge is 0.133 e. The Morgan fingerprint density at radius 2 is 1.83 bits per heavy atom. The van der Waals surface area contributed by atoms with Crippen LogP contribution < -0.4 is 0 Å². The molecule has 1 aliphatic rings. The topological polar surface area (TPSA) is 41.9 Å². The maximum absolute atomic E-state index is 4.79. The van der Waals surface area contributed by atoms with Crippen molar-refractivity contribution >= 4 is 31.9 Å². The van der Waals surface area contributed by atoms with E-state index in [2.05, 4.69) is 67.5 Å². The normalized spacial score (nSPS) is 15.5. The summed E-state index contributed by atoms with van der Waals surface area (Å²) in [5, 5.41) is 0. The summed E-state index contributed by atoms with van der Waals surface area (Å²) >= 11 is 7.19. The summed E-state index contributed by atoms with van der Waals surface area (Å²) in [4.78, 5) is 16.0. The van der Waals surface area contributed by atoms with Crippen LogP contribution in [0.5, 0.6) is 0 Å². The van der Waals surface area contributed by atoms with Crippen LogP contribution in [-0.4, -0.2) is 26.4 Å². The quantitative estimate of drug-likeness (QED) is 0.701. The van der Waals surface area contributed by atoms with Gasteiger partial charge in [0.1, 0.15) is 5.82 Å². The van der Waals surface area contributed by atoms with Crippen LogP contribution in [0.25, 0.3) is 0 Å². The minimum absolute atomic E-state index is 0.00106. The van der Waals surface area contributed by atoms with Crippen molar-refractivity contribution in [2.24, 2.45) is 0 Å². The van der Waals surface area contributed by atoms with E-state index in [-0.39, 0.29) is 5.41 Å². The van der Waals surface area contributed by atoms with E-state index >= 15 is 0 Å². The first-order valence-electron chi connectivity index (χ1n) is 7.70. The molecule has 0 fully saturated rings. The molecule has 23 heavy (non-hydrogen) atoms. The van der Waals surface area contributed by atoms with E-state index in [4.69, 9.17) is 4.98 Å². The van der Waals surface area contributed by atoms with Gasteiger partial charge in [0.25, 0.3) is 0 Å². The summed E-state index contributed by atoms with van der Waals surface area (Å²) in [6, 6.07) is 0. The zero-order valence-corrected chi connectivity index (χ0v) is 16.8. The Morgan fingerprint density at radius 1 is 1.13 bits per heavy atom. The van der Waals surface area contributed by atoms with E-state index in [1.807, 2.05) is 18.6 Å². The molecule has 0 aliphatic carbocycles. The second-order valence-electron chi connectivity index (χ2n) is 6.96. The number of nitrogens with zero attached hydrogens (tertiary/aromatic N) is 4. The Balaban J connectivity index is 1.79. The van der Waals surface area contributed by atoms with Crippen LogP contribution in [-0.2, 0) is 24.9 Å². The van der Waals surface area contributed by atoms with Gasteiger partial charge >= 0.3 is 0 Å². The first-order chi connectivity index (χ1) is 10.8. The Kier molecular flexibility index (Phi) is 4.85. The molecule has 6 heteroatoms. The third-order valence-electron chi connectivity index (χ3n) is 4.02. The SMILES string of the molecule is CC(C)(C)c1ncc2c(n1)CCN(Cc1c(Br)cncc1Br)C2. The maximum Gasteiger partial charge on any atom is 0.133 e. The molecule has 0 aromatic carbocycles. The van der Waals surface area contributed by atoms with Gasteiger partial charge in [0.05, 0.1) is 0 Å². The monoisotopic (exact) mass is 438 g/mol. The van der Waals surface area contributed by atoms with Gasteiger partial charge < -0.3 is 0 Å². The maximum atomic E-state index is 4.79. The van der Waals surface area contributed by atoms with Gasteiger partial charge in [-0.2, -0.15) is 0 Å². The number of hydrogen-bond acceptors (Lipinski definition) is 4. The van der Waals surface area contributed by atoms with Crippen molar-refractivity contribution in [3.63, 3.8) is 0 Å². The molecule has 0 amide bonds. The molecule has 3 rings (SSSR count). The fourth-order valence-corrected chi connectivity index (χ4v) is 3.86. The molecule has 3 heterocycles. The molecule has 4 nitrogen and oxygen atoms in total. The molecule has 0 spiro atoms. The number of pyridine rings is 1. The van der Waals surface area contributed by atoms with Crippen molar-refractivity contribution in [1.29, 1.82) is 0 Å². The lowest BCUT2D eigenvalue weighted by Crippen LogP contribution is -2.32. The molecule has 2 aromatic rings. The van der Waals surface area contributed by atoms with Crippen LogP contribution in [0.1, 0.15) is 43.4 Å². The lowest BCUT2D eigenvalue weighted by molar-refractivity contribution is 0.241. The molecule has 0 unspecified atom stereocenters. The largest absolute Gasteiger partial charge is 0.294 e. The van der Waals surface area contributed by atoms with Gasteiger partial charge in [0, 0.05) is 70.3 Å². The predicted molar refractivity (Wildman–Crippen MR) is 98.2 cm³/mol. The average molecular weight is 440 g/mol. The van der Waals surface area contributed by atoms with Gasteiger partial charge in [-0.15, -0.1) is 0 Å². The average Bonchev–Trinajstić information content (AvgIpc) is 2.49. The van der Waals surface area contributed by atoms with Crippen LogP contribution in [0.2, 0.25) is 0 Å². The van der Waals surface area contributed by atoms with E-state index in [1.165, 1.54) is 16.8 Å². The number of rotatable bonds is 2. The number of aromatic nitrogens is 3. The van der Waals surface area contributed by atoms with Crippen LogP contribution in [0, 0.1) is 0 Å². The fourth-order valence-electron chi connectivity index (χ4n) is 2.68. The summed E-state index contributed by atoms with van der Waals surface area (Å²) < 4.78 is 2.08. The third kappa shape index (κ3) is 3.80. The fraction of sp³-hybridized carbons (Fsp3) is 0.471. The lowest BCUT2D eigenvalue weighted by Gasteiger charge is -2.29. The molecule has 2 aromatic heterocycles. The van der Waals surface area contributed by atoms with Crippen LogP contribution in [0.4, 0.5) is 0 Å². The van der Waals surface area contributed by atoms with E-state index < -0.39 is 0 Å². The summed E-state index contributed by atoms with van der Waals surface area (Å²) in [6.07, 6.45) is 6.67.